The summed E-state index contributed by atoms with van der Waals surface area (Å²) in [5.74, 6) is 1.84. The van der Waals surface area contributed by atoms with Gasteiger partial charge in [-0.1, -0.05) is 68.4 Å². The molecular formula is C36H28N6. The van der Waals surface area contributed by atoms with Crippen LogP contribution in [0.4, 0.5) is 0 Å². The van der Waals surface area contributed by atoms with E-state index in [1.54, 1.807) is 0 Å². The molecule has 9 aromatic rings. The predicted molar refractivity (Wildman–Crippen MR) is 171 cm³/mol. The van der Waals surface area contributed by atoms with E-state index in [1.165, 1.54) is 11.1 Å². The molecule has 0 saturated carbocycles. The van der Waals surface area contributed by atoms with Crippen LogP contribution in [0.1, 0.15) is 25.0 Å². The van der Waals surface area contributed by atoms with E-state index >= 15 is 0 Å². The number of aryl methyl sites for hydroxylation is 2. The second kappa shape index (κ2) is 8.57. The van der Waals surface area contributed by atoms with Crippen LogP contribution < -0.4 is 0 Å². The molecule has 0 unspecified atom stereocenters. The minimum Gasteiger partial charge on any atom is -0.278 e. The average molecular weight is 545 g/mol. The van der Waals surface area contributed by atoms with Gasteiger partial charge in [-0.15, -0.1) is 0 Å². The van der Waals surface area contributed by atoms with E-state index in [-0.39, 0.29) is 0 Å². The molecule has 6 nitrogen and oxygen atoms in total. The molecule has 5 aromatic carbocycles. The van der Waals surface area contributed by atoms with Crippen molar-refractivity contribution in [3.8, 4) is 11.4 Å². The quantitative estimate of drug-likeness (QED) is 0.224. The van der Waals surface area contributed by atoms with E-state index < -0.39 is 0 Å². The number of fused-ring (bicyclic) bond motifs is 10. The largest absolute Gasteiger partial charge is 0.278 e. The highest BCUT2D eigenvalue weighted by Gasteiger charge is 2.21. The first-order valence-electron chi connectivity index (χ1n) is 14.7. The van der Waals surface area contributed by atoms with Crippen molar-refractivity contribution in [1.29, 1.82) is 0 Å². The summed E-state index contributed by atoms with van der Waals surface area (Å²) in [4.78, 5) is 10.5. The van der Waals surface area contributed by atoms with Gasteiger partial charge in [0.15, 0.2) is 0 Å². The van der Waals surface area contributed by atoms with Crippen LogP contribution in [0, 0.1) is 0 Å². The van der Waals surface area contributed by atoms with Crippen molar-refractivity contribution < 1.29 is 0 Å². The minimum absolute atomic E-state index is 0.922. The smallest absolute Gasteiger partial charge is 0.220 e. The lowest BCUT2D eigenvalue weighted by Crippen LogP contribution is -2.00. The van der Waals surface area contributed by atoms with Gasteiger partial charge in [0.1, 0.15) is 0 Å². The van der Waals surface area contributed by atoms with Crippen molar-refractivity contribution in [2.75, 3.05) is 0 Å². The van der Waals surface area contributed by atoms with Crippen molar-refractivity contribution in [3.63, 3.8) is 0 Å². The van der Waals surface area contributed by atoms with Gasteiger partial charge in [-0.2, -0.15) is 0 Å². The van der Waals surface area contributed by atoms with Crippen molar-refractivity contribution in [1.82, 2.24) is 27.9 Å². The Bertz CT molecular complexity index is 2330. The van der Waals surface area contributed by atoms with Crippen LogP contribution >= 0.6 is 0 Å². The van der Waals surface area contributed by atoms with Crippen LogP contribution in [0.5, 0.6) is 0 Å². The lowest BCUT2D eigenvalue weighted by molar-refractivity contribution is 1.07. The number of nitrogens with zero attached hydrogens (tertiary/aromatic N) is 6. The summed E-state index contributed by atoms with van der Waals surface area (Å²) >= 11 is 0. The second-order valence-corrected chi connectivity index (χ2v) is 10.9. The summed E-state index contributed by atoms with van der Waals surface area (Å²) in [6.45, 7) is 4.39. The lowest BCUT2D eigenvalue weighted by Gasteiger charge is -2.10. The second-order valence-electron chi connectivity index (χ2n) is 10.9. The summed E-state index contributed by atoms with van der Waals surface area (Å²) in [7, 11) is 0. The zero-order valence-electron chi connectivity index (χ0n) is 23.5. The summed E-state index contributed by atoms with van der Waals surface area (Å²) in [5, 5.41) is 0. The van der Waals surface area contributed by atoms with E-state index in [9.17, 15) is 0 Å². The molecule has 42 heavy (non-hydrogen) atoms. The number of para-hydroxylation sites is 6. The van der Waals surface area contributed by atoms with Crippen molar-refractivity contribution in [2.24, 2.45) is 0 Å². The Morgan fingerprint density at radius 1 is 0.452 bits per heavy atom. The summed E-state index contributed by atoms with van der Waals surface area (Å²) in [5.41, 5.74) is 13.6. The number of benzene rings is 5. The van der Waals surface area contributed by atoms with Crippen LogP contribution in [0.3, 0.4) is 0 Å². The number of aromatic nitrogens is 6. The third-order valence-corrected chi connectivity index (χ3v) is 8.74. The maximum absolute atomic E-state index is 5.24. The van der Waals surface area contributed by atoms with Crippen molar-refractivity contribution >= 4 is 55.7 Å². The first-order valence-corrected chi connectivity index (χ1v) is 14.7. The Morgan fingerprint density at radius 3 is 1.31 bits per heavy atom. The fourth-order valence-corrected chi connectivity index (χ4v) is 6.82. The van der Waals surface area contributed by atoms with Crippen LogP contribution in [-0.2, 0) is 12.8 Å². The molecule has 4 heterocycles. The molecule has 0 amide bonds. The van der Waals surface area contributed by atoms with Crippen molar-refractivity contribution in [3.05, 3.63) is 120 Å². The van der Waals surface area contributed by atoms with Gasteiger partial charge in [-0.3, -0.25) is 17.9 Å². The molecule has 0 aliphatic rings. The molecule has 9 rings (SSSR count). The van der Waals surface area contributed by atoms with Crippen LogP contribution in [0.15, 0.2) is 109 Å². The third-order valence-electron chi connectivity index (χ3n) is 8.74. The molecule has 0 fully saturated rings. The number of hydrogen-bond acceptors (Lipinski definition) is 2. The molecule has 4 aromatic heterocycles. The first-order chi connectivity index (χ1) is 20.8. The minimum atomic E-state index is 0.922. The number of rotatable bonds is 4. The summed E-state index contributed by atoms with van der Waals surface area (Å²) < 4.78 is 9.18. The van der Waals surface area contributed by atoms with E-state index in [0.29, 0.717) is 0 Å². The number of imidazole rings is 4. The van der Waals surface area contributed by atoms with Gasteiger partial charge in [0.2, 0.25) is 11.6 Å². The highest BCUT2D eigenvalue weighted by atomic mass is 15.2. The van der Waals surface area contributed by atoms with Gasteiger partial charge >= 0.3 is 0 Å². The summed E-state index contributed by atoms with van der Waals surface area (Å²) in [6, 6.07) is 38.9. The molecule has 202 valence electrons. The normalized spacial score (nSPS) is 12.2. The Kier molecular flexibility index (Phi) is 4.77. The van der Waals surface area contributed by atoms with Gasteiger partial charge in [-0.05, 0) is 78.6 Å². The Labute approximate surface area is 241 Å². The van der Waals surface area contributed by atoms with E-state index in [1.807, 2.05) is 0 Å². The lowest BCUT2D eigenvalue weighted by atomic mass is 10.1. The van der Waals surface area contributed by atoms with Gasteiger partial charge in [0, 0.05) is 0 Å². The highest BCUT2D eigenvalue weighted by Crippen LogP contribution is 2.34. The zero-order chi connectivity index (χ0) is 27.9. The Morgan fingerprint density at radius 2 is 0.857 bits per heavy atom. The van der Waals surface area contributed by atoms with Gasteiger partial charge in [0.05, 0.1) is 55.5 Å². The topological polar surface area (TPSA) is 44.5 Å². The van der Waals surface area contributed by atoms with Gasteiger partial charge < -0.3 is 0 Å². The molecule has 0 aliphatic heterocycles. The molecule has 0 radical (unpaired) electrons. The molecular weight excluding hydrogens is 516 g/mol. The van der Waals surface area contributed by atoms with Crippen LogP contribution in [0.2, 0.25) is 0 Å². The van der Waals surface area contributed by atoms with Gasteiger partial charge in [0.25, 0.3) is 0 Å². The van der Waals surface area contributed by atoms with Gasteiger partial charge in [-0.25, -0.2) is 9.97 Å². The Hall–Kier alpha value is -5.36. The fourth-order valence-electron chi connectivity index (χ4n) is 6.82. The van der Waals surface area contributed by atoms with Crippen LogP contribution in [0.25, 0.3) is 67.1 Å². The third kappa shape index (κ3) is 2.98. The molecule has 0 spiro atoms. The predicted octanol–water partition coefficient (Wildman–Crippen LogP) is 8.30. The first kappa shape index (κ1) is 23.4. The SMILES string of the molecule is CCc1cccc2c1nc1n(-c3cccc(-n4c5ccccc5n5c6cccc(CC)c6nc45)c3)c3ccccc3n21. The standard InChI is InChI=1S/C36H28N6/c1-3-23-12-9-20-31-33(23)37-35-39(27-16-5-7-18-29(27)41(31)35)25-14-11-15-26(22-25)40-28-17-6-8-19-30(28)42-32-21-10-13-24(4-2)34(32)38-36(40)42/h5-22H,3-4H2,1-2H3. The van der Waals surface area contributed by atoms with Crippen LogP contribution in [-0.4, -0.2) is 27.9 Å². The zero-order valence-corrected chi connectivity index (χ0v) is 23.5. The molecule has 0 atom stereocenters. The Balaban J connectivity index is 1.36. The van der Waals surface area contributed by atoms with Crippen molar-refractivity contribution in [2.45, 2.75) is 26.7 Å². The monoisotopic (exact) mass is 544 g/mol. The number of hydrogen-bond donors (Lipinski definition) is 0. The summed E-state index contributed by atoms with van der Waals surface area (Å²) in [6.07, 6.45) is 1.89. The molecule has 6 heteroatoms. The average Bonchev–Trinajstić information content (AvgIpc) is 3.77. The highest BCUT2D eigenvalue weighted by molar-refractivity contribution is 5.95. The molecule has 0 bridgehead atoms. The molecule has 0 N–H and O–H groups in total. The molecule has 0 saturated heterocycles. The van der Waals surface area contributed by atoms with E-state index in [0.717, 1.165) is 79.9 Å². The van der Waals surface area contributed by atoms with E-state index in [2.05, 4.69) is 141 Å². The molecule has 0 aliphatic carbocycles. The fraction of sp³-hybridized carbons (Fsp3) is 0.111. The maximum Gasteiger partial charge on any atom is 0.220 e. The maximum atomic E-state index is 5.24. The van der Waals surface area contributed by atoms with E-state index in [4.69, 9.17) is 9.97 Å².